The lowest BCUT2D eigenvalue weighted by atomic mass is 9.78. The monoisotopic (exact) mass is 364 g/mol. The van der Waals surface area contributed by atoms with Crippen LogP contribution in [-0.2, 0) is 24.4 Å². The van der Waals surface area contributed by atoms with Crippen LogP contribution >= 0.6 is 0 Å². The molecule has 1 saturated heterocycles. The first-order valence-electron chi connectivity index (χ1n) is 8.12. The molecular formula is C17H20N2O5S. The van der Waals surface area contributed by atoms with E-state index in [9.17, 15) is 22.8 Å². The molecule has 0 aromatic rings. The topological polar surface area (TPSA) is 101 Å². The Morgan fingerprint density at radius 1 is 1.12 bits per heavy atom. The van der Waals surface area contributed by atoms with Gasteiger partial charge in [-0.05, 0) is 12.3 Å². The molecule has 3 rings (SSSR count). The van der Waals surface area contributed by atoms with E-state index >= 15 is 0 Å². The lowest BCUT2D eigenvalue weighted by Crippen LogP contribution is -2.54. The molecule has 0 aromatic carbocycles. The van der Waals surface area contributed by atoms with Gasteiger partial charge < -0.3 is 0 Å². The van der Waals surface area contributed by atoms with Gasteiger partial charge in [0, 0.05) is 11.8 Å². The molecule has 0 aromatic heterocycles. The Labute approximate surface area is 146 Å². The Morgan fingerprint density at radius 3 is 2.08 bits per heavy atom. The molecule has 2 heterocycles. The standard InChI is InChI=1S/C17H20N2O5S/c1-10(2)17(3)8-6-11-12(7-9-17)16(22)19(15(11)21)14-5-4-13(20)18-25(14,23)24/h6-10,14H,4-5H2,1-3H3,(H,18,20). The quantitative estimate of drug-likeness (QED) is 0.737. The maximum atomic E-state index is 12.7. The molecule has 3 aliphatic rings. The van der Waals surface area contributed by atoms with Gasteiger partial charge in [0.15, 0.2) is 5.37 Å². The Bertz CT molecular complexity index is 827. The van der Waals surface area contributed by atoms with Gasteiger partial charge in [-0.1, -0.05) is 45.1 Å². The van der Waals surface area contributed by atoms with Gasteiger partial charge in [-0.15, -0.1) is 0 Å². The van der Waals surface area contributed by atoms with Crippen molar-refractivity contribution < 1.29 is 22.8 Å². The van der Waals surface area contributed by atoms with E-state index in [2.05, 4.69) is 0 Å². The Morgan fingerprint density at radius 2 is 1.64 bits per heavy atom. The summed E-state index contributed by atoms with van der Waals surface area (Å²) in [5.41, 5.74) is 0.0797. The summed E-state index contributed by atoms with van der Waals surface area (Å²) in [4.78, 5) is 37.6. The molecule has 0 saturated carbocycles. The predicted molar refractivity (Wildman–Crippen MR) is 90.2 cm³/mol. The molecule has 134 valence electrons. The van der Waals surface area contributed by atoms with E-state index in [0.29, 0.717) is 0 Å². The van der Waals surface area contributed by atoms with E-state index in [0.717, 1.165) is 4.90 Å². The second kappa shape index (κ2) is 5.66. The van der Waals surface area contributed by atoms with E-state index in [-0.39, 0.29) is 35.3 Å². The summed E-state index contributed by atoms with van der Waals surface area (Å²) in [5, 5.41) is -1.37. The smallest absolute Gasteiger partial charge is 0.262 e. The molecule has 1 aliphatic carbocycles. The highest BCUT2D eigenvalue weighted by atomic mass is 32.2. The zero-order chi connectivity index (χ0) is 18.6. The van der Waals surface area contributed by atoms with E-state index in [1.54, 1.807) is 12.2 Å². The molecule has 1 N–H and O–H groups in total. The molecule has 2 aliphatic heterocycles. The number of amides is 3. The normalized spacial score (nSPS) is 27.6. The van der Waals surface area contributed by atoms with E-state index < -0.39 is 33.1 Å². The second-order valence-electron chi connectivity index (χ2n) is 7.06. The summed E-state index contributed by atoms with van der Waals surface area (Å²) in [6.45, 7) is 6.08. The average Bonchev–Trinajstić information content (AvgIpc) is 2.65. The first kappa shape index (κ1) is 17.6. The van der Waals surface area contributed by atoms with Gasteiger partial charge in [0.25, 0.3) is 21.8 Å². The van der Waals surface area contributed by atoms with Gasteiger partial charge in [0.1, 0.15) is 0 Å². The third kappa shape index (κ3) is 2.74. The molecule has 1 atom stereocenters. The Hall–Kier alpha value is -2.22. The van der Waals surface area contributed by atoms with Crippen molar-refractivity contribution in [3.05, 3.63) is 35.5 Å². The van der Waals surface area contributed by atoms with Crippen LogP contribution in [-0.4, -0.2) is 36.4 Å². The second-order valence-corrected chi connectivity index (χ2v) is 8.90. The lowest BCUT2D eigenvalue weighted by molar-refractivity contribution is -0.139. The van der Waals surface area contributed by atoms with Gasteiger partial charge in [-0.3, -0.25) is 24.0 Å². The number of imide groups is 1. The zero-order valence-electron chi connectivity index (χ0n) is 14.3. The molecule has 25 heavy (non-hydrogen) atoms. The fraction of sp³-hybridized carbons (Fsp3) is 0.471. The van der Waals surface area contributed by atoms with E-state index in [1.165, 1.54) is 0 Å². The van der Waals surface area contributed by atoms with Crippen molar-refractivity contribution in [1.82, 2.24) is 9.62 Å². The third-order valence-corrected chi connectivity index (χ3v) is 6.85. The molecule has 0 radical (unpaired) electrons. The Balaban J connectivity index is 1.96. The highest BCUT2D eigenvalue weighted by Crippen LogP contribution is 2.37. The van der Waals surface area contributed by atoms with E-state index in [4.69, 9.17) is 0 Å². The van der Waals surface area contributed by atoms with Crippen molar-refractivity contribution in [2.75, 3.05) is 0 Å². The van der Waals surface area contributed by atoms with Crippen molar-refractivity contribution in [2.24, 2.45) is 11.3 Å². The number of hydrogen-bond donors (Lipinski definition) is 1. The maximum Gasteiger partial charge on any atom is 0.262 e. The summed E-state index contributed by atoms with van der Waals surface area (Å²) in [6, 6.07) is 0. The molecule has 1 unspecified atom stereocenters. The minimum Gasteiger partial charge on any atom is -0.274 e. The number of rotatable bonds is 2. The third-order valence-electron chi connectivity index (χ3n) is 5.17. The van der Waals surface area contributed by atoms with Crippen LogP contribution < -0.4 is 4.72 Å². The number of carbonyl (C=O) groups is 3. The first-order chi connectivity index (χ1) is 11.6. The number of nitrogens with one attached hydrogen (secondary N) is 1. The highest BCUT2D eigenvalue weighted by Gasteiger charge is 2.48. The minimum absolute atomic E-state index is 0.0529. The Kier molecular flexibility index (Phi) is 3.98. The summed E-state index contributed by atoms with van der Waals surface area (Å²) >= 11 is 0. The molecule has 8 heteroatoms. The van der Waals surface area contributed by atoms with E-state index in [1.807, 2.05) is 37.6 Å². The van der Waals surface area contributed by atoms with Crippen LogP contribution in [0.3, 0.4) is 0 Å². The summed E-state index contributed by atoms with van der Waals surface area (Å²) < 4.78 is 26.3. The van der Waals surface area contributed by atoms with Crippen LogP contribution in [0.25, 0.3) is 0 Å². The van der Waals surface area contributed by atoms with Crippen molar-refractivity contribution in [1.29, 1.82) is 0 Å². The maximum absolute atomic E-state index is 12.7. The average molecular weight is 364 g/mol. The van der Waals surface area contributed by atoms with Gasteiger partial charge in [0.2, 0.25) is 5.91 Å². The van der Waals surface area contributed by atoms with Crippen LogP contribution in [0.2, 0.25) is 0 Å². The van der Waals surface area contributed by atoms with Crippen LogP contribution in [0.15, 0.2) is 35.5 Å². The SMILES string of the molecule is CC(C)C1(C)C=CC2=C(C=C1)C(=O)N(C1CCC(=O)NS1(=O)=O)C2=O. The molecule has 0 bridgehead atoms. The van der Waals surface area contributed by atoms with Crippen molar-refractivity contribution in [3.63, 3.8) is 0 Å². The number of carbonyl (C=O) groups excluding carboxylic acids is 3. The zero-order valence-corrected chi connectivity index (χ0v) is 15.1. The minimum atomic E-state index is -4.10. The fourth-order valence-electron chi connectivity index (χ4n) is 3.09. The lowest BCUT2D eigenvalue weighted by Gasteiger charge is -2.30. The number of allylic oxidation sites excluding steroid dienone is 2. The van der Waals surface area contributed by atoms with Gasteiger partial charge in [-0.2, -0.15) is 0 Å². The summed E-state index contributed by atoms with van der Waals surface area (Å²) in [5.74, 6) is -1.65. The largest absolute Gasteiger partial charge is 0.274 e. The van der Waals surface area contributed by atoms with Crippen molar-refractivity contribution in [3.8, 4) is 0 Å². The number of hydrogen-bond acceptors (Lipinski definition) is 5. The van der Waals surface area contributed by atoms with Gasteiger partial charge >= 0.3 is 0 Å². The van der Waals surface area contributed by atoms with Crippen LogP contribution in [0.4, 0.5) is 0 Å². The van der Waals surface area contributed by atoms with Crippen LogP contribution in [0.5, 0.6) is 0 Å². The number of nitrogens with zero attached hydrogens (tertiary/aromatic N) is 1. The predicted octanol–water partition coefficient (Wildman–Crippen LogP) is 1.01. The first-order valence-corrected chi connectivity index (χ1v) is 9.66. The molecule has 0 spiro atoms. The highest BCUT2D eigenvalue weighted by molar-refractivity contribution is 7.90. The molecule has 7 nitrogen and oxygen atoms in total. The summed E-state index contributed by atoms with van der Waals surface area (Å²) in [7, 11) is -4.10. The van der Waals surface area contributed by atoms with Crippen molar-refractivity contribution in [2.45, 2.75) is 39.0 Å². The fourth-order valence-corrected chi connectivity index (χ4v) is 4.54. The van der Waals surface area contributed by atoms with Gasteiger partial charge in [-0.25, -0.2) is 8.42 Å². The summed E-state index contributed by atoms with van der Waals surface area (Å²) in [6.07, 6.45) is 6.78. The molecule has 1 fully saturated rings. The van der Waals surface area contributed by atoms with Gasteiger partial charge in [0.05, 0.1) is 11.1 Å². The molecule has 3 amide bonds. The van der Waals surface area contributed by atoms with Crippen LogP contribution in [0, 0.1) is 11.3 Å². The van der Waals surface area contributed by atoms with Crippen molar-refractivity contribution >= 4 is 27.7 Å². The van der Waals surface area contributed by atoms with Crippen LogP contribution in [0.1, 0.15) is 33.6 Å². The number of sulfonamides is 1. The molecular weight excluding hydrogens is 344 g/mol.